The van der Waals surface area contributed by atoms with Crippen LogP contribution < -0.4 is 32.7 Å². The Morgan fingerprint density at radius 2 is 1.72 bits per heavy atom. The van der Waals surface area contributed by atoms with Gasteiger partial charge in [-0.05, 0) is 19.8 Å². The molecule has 11 nitrogen and oxygen atoms in total. The van der Waals surface area contributed by atoms with Gasteiger partial charge in [-0.15, -0.1) is 0 Å². The first-order chi connectivity index (χ1) is 11.7. The molecule has 0 heterocycles. The lowest BCUT2D eigenvalue weighted by Crippen LogP contribution is -2.53. The molecule has 142 valence electrons. The Kier molecular flexibility index (Phi) is 10.3. The normalized spacial score (nSPS) is 12.3. The molecule has 0 unspecified atom stereocenters. The second kappa shape index (κ2) is 11.6. The zero-order valence-electron chi connectivity index (χ0n) is 14.7. The zero-order valence-corrected chi connectivity index (χ0v) is 14.7. The monoisotopic (exact) mass is 357 g/mol. The van der Waals surface area contributed by atoms with Gasteiger partial charge in [-0.25, -0.2) is 0 Å². The summed E-state index contributed by atoms with van der Waals surface area (Å²) in [5, 5.41) is 9.77. The van der Waals surface area contributed by atoms with Gasteiger partial charge in [0.2, 0.25) is 23.6 Å². The highest BCUT2D eigenvalue weighted by atomic mass is 16.2. The molecule has 4 amide bonds. The van der Waals surface area contributed by atoms with Crippen molar-refractivity contribution in [2.75, 3.05) is 20.1 Å². The molecular weight excluding hydrogens is 330 g/mol. The molecule has 0 fully saturated rings. The highest BCUT2D eigenvalue weighted by molar-refractivity contribution is 5.92. The number of nitrogens with two attached hydrogens (primary N) is 2. The minimum absolute atomic E-state index is 0.0658. The van der Waals surface area contributed by atoms with Crippen molar-refractivity contribution in [1.29, 1.82) is 0 Å². The molecule has 0 rings (SSSR count). The number of hydrogen-bond acceptors (Lipinski definition) is 5. The average Bonchev–Trinajstić information content (AvgIpc) is 2.53. The number of carbonyl (C=O) groups excluding carboxylic acids is 4. The summed E-state index contributed by atoms with van der Waals surface area (Å²) in [5.41, 5.74) is 10.5. The van der Waals surface area contributed by atoms with Crippen molar-refractivity contribution in [1.82, 2.24) is 21.3 Å². The van der Waals surface area contributed by atoms with E-state index in [0.29, 0.717) is 13.0 Å². The Labute approximate surface area is 146 Å². The number of likely N-dealkylation sites (N-methyl/N-ethyl adjacent to an activating group) is 1. The molecule has 2 atom stereocenters. The van der Waals surface area contributed by atoms with Crippen molar-refractivity contribution in [3.8, 4) is 0 Å². The van der Waals surface area contributed by atoms with E-state index in [2.05, 4.69) is 26.3 Å². The summed E-state index contributed by atoms with van der Waals surface area (Å²) in [6.07, 6.45) is 0.694. The number of amides is 4. The molecule has 0 spiro atoms. The number of aliphatic imine (C=N–C) groups is 1. The molecule has 0 aliphatic heterocycles. The molecule has 0 aromatic rings. The molecule has 25 heavy (non-hydrogen) atoms. The van der Waals surface area contributed by atoms with E-state index < -0.39 is 23.9 Å². The summed E-state index contributed by atoms with van der Waals surface area (Å²) in [6, 6.07) is -1.69. The standard InChI is InChI=1S/C14H27N7O4/c1-8(20-9(2)22)12(24)21-10(5-4-6-18-14(15)16)13(25)19-7-11(23)17-3/h8,10H,4-7H2,1-3H3,(H,17,23)(H,19,25)(H,20,22)(H,21,24)(H4,15,16,18)/t8-,10-/m0/s1. The second-order valence-corrected chi connectivity index (χ2v) is 5.32. The lowest BCUT2D eigenvalue weighted by atomic mass is 10.1. The number of rotatable bonds is 10. The Balaban J connectivity index is 4.77. The van der Waals surface area contributed by atoms with Gasteiger partial charge in [-0.2, -0.15) is 0 Å². The molecular formula is C14H27N7O4. The van der Waals surface area contributed by atoms with Crippen molar-refractivity contribution >= 4 is 29.6 Å². The SMILES string of the molecule is CNC(=O)CNC(=O)[C@H](CCCN=C(N)N)NC(=O)[C@H](C)NC(C)=O. The summed E-state index contributed by atoms with van der Waals surface area (Å²) in [6.45, 7) is 2.86. The zero-order chi connectivity index (χ0) is 19.4. The first-order valence-corrected chi connectivity index (χ1v) is 7.78. The molecule has 0 saturated heterocycles. The molecule has 0 aromatic heterocycles. The van der Waals surface area contributed by atoms with E-state index in [9.17, 15) is 19.2 Å². The van der Waals surface area contributed by atoms with E-state index in [1.165, 1.54) is 20.9 Å². The van der Waals surface area contributed by atoms with E-state index in [0.717, 1.165) is 0 Å². The van der Waals surface area contributed by atoms with Crippen LogP contribution in [0.5, 0.6) is 0 Å². The fourth-order valence-corrected chi connectivity index (χ4v) is 1.82. The third kappa shape index (κ3) is 10.5. The molecule has 0 radical (unpaired) electrons. The Bertz CT molecular complexity index is 517. The van der Waals surface area contributed by atoms with Gasteiger partial charge in [0.1, 0.15) is 12.1 Å². The predicted molar refractivity (Wildman–Crippen MR) is 92.2 cm³/mol. The third-order valence-electron chi connectivity index (χ3n) is 3.09. The maximum absolute atomic E-state index is 12.2. The van der Waals surface area contributed by atoms with Crippen LogP contribution in [0.1, 0.15) is 26.7 Å². The Morgan fingerprint density at radius 3 is 2.24 bits per heavy atom. The van der Waals surface area contributed by atoms with Crippen molar-refractivity contribution < 1.29 is 19.2 Å². The fourth-order valence-electron chi connectivity index (χ4n) is 1.82. The highest BCUT2D eigenvalue weighted by Crippen LogP contribution is 2.00. The van der Waals surface area contributed by atoms with E-state index in [1.807, 2.05) is 0 Å². The smallest absolute Gasteiger partial charge is 0.243 e. The van der Waals surface area contributed by atoms with E-state index in [4.69, 9.17) is 11.5 Å². The third-order valence-corrected chi connectivity index (χ3v) is 3.09. The van der Waals surface area contributed by atoms with Crippen LogP contribution in [0.25, 0.3) is 0 Å². The molecule has 0 aromatic carbocycles. The minimum Gasteiger partial charge on any atom is -0.370 e. The maximum Gasteiger partial charge on any atom is 0.243 e. The van der Waals surface area contributed by atoms with Gasteiger partial charge in [0.15, 0.2) is 5.96 Å². The fraction of sp³-hybridized carbons (Fsp3) is 0.643. The number of nitrogens with zero attached hydrogens (tertiary/aromatic N) is 1. The van der Waals surface area contributed by atoms with Gasteiger partial charge in [-0.3, -0.25) is 24.2 Å². The summed E-state index contributed by atoms with van der Waals surface area (Å²) in [5.74, 6) is -1.83. The van der Waals surface area contributed by atoms with Gasteiger partial charge < -0.3 is 32.7 Å². The number of carbonyl (C=O) groups is 4. The quantitative estimate of drug-likeness (QED) is 0.137. The molecule has 0 bridgehead atoms. The van der Waals surface area contributed by atoms with Crippen molar-refractivity contribution in [3.05, 3.63) is 0 Å². The van der Waals surface area contributed by atoms with Crippen LogP contribution in [-0.4, -0.2) is 61.8 Å². The number of hydrogen-bond donors (Lipinski definition) is 6. The van der Waals surface area contributed by atoms with Crippen LogP contribution in [0.3, 0.4) is 0 Å². The largest absolute Gasteiger partial charge is 0.370 e. The molecule has 8 N–H and O–H groups in total. The first-order valence-electron chi connectivity index (χ1n) is 7.78. The first kappa shape index (κ1) is 22.1. The van der Waals surface area contributed by atoms with Crippen molar-refractivity contribution in [2.45, 2.75) is 38.8 Å². The summed E-state index contributed by atoms with van der Waals surface area (Å²) in [7, 11) is 1.44. The van der Waals surface area contributed by atoms with Gasteiger partial charge in [0.25, 0.3) is 0 Å². The van der Waals surface area contributed by atoms with Crippen LogP contribution in [0, 0.1) is 0 Å². The maximum atomic E-state index is 12.2. The topological polar surface area (TPSA) is 181 Å². The lowest BCUT2D eigenvalue weighted by molar-refractivity contribution is -0.132. The lowest BCUT2D eigenvalue weighted by Gasteiger charge is -2.20. The molecule has 0 aliphatic rings. The highest BCUT2D eigenvalue weighted by Gasteiger charge is 2.23. The summed E-state index contributed by atoms with van der Waals surface area (Å²) in [4.78, 5) is 50.3. The predicted octanol–water partition coefficient (Wildman–Crippen LogP) is -3.09. The minimum atomic E-state index is -0.887. The second-order valence-electron chi connectivity index (χ2n) is 5.32. The Morgan fingerprint density at radius 1 is 1.08 bits per heavy atom. The van der Waals surface area contributed by atoms with Gasteiger partial charge in [0, 0.05) is 20.5 Å². The molecule has 11 heteroatoms. The molecule has 0 saturated carbocycles. The number of guanidine groups is 1. The van der Waals surface area contributed by atoms with Crippen LogP contribution in [0.4, 0.5) is 0 Å². The Hall–Kier alpha value is -2.85. The van der Waals surface area contributed by atoms with Gasteiger partial charge in [-0.1, -0.05) is 0 Å². The van der Waals surface area contributed by atoms with Crippen LogP contribution in [0.2, 0.25) is 0 Å². The van der Waals surface area contributed by atoms with E-state index >= 15 is 0 Å². The van der Waals surface area contributed by atoms with Crippen molar-refractivity contribution in [2.24, 2.45) is 16.5 Å². The average molecular weight is 357 g/mol. The number of nitrogens with one attached hydrogen (secondary N) is 4. The molecule has 0 aliphatic carbocycles. The van der Waals surface area contributed by atoms with Gasteiger partial charge in [0.05, 0.1) is 6.54 Å². The van der Waals surface area contributed by atoms with Crippen molar-refractivity contribution in [3.63, 3.8) is 0 Å². The van der Waals surface area contributed by atoms with Crippen LogP contribution >= 0.6 is 0 Å². The van der Waals surface area contributed by atoms with E-state index in [-0.39, 0.29) is 30.7 Å². The summed E-state index contributed by atoms with van der Waals surface area (Å²) >= 11 is 0. The van der Waals surface area contributed by atoms with Crippen LogP contribution in [0.15, 0.2) is 4.99 Å². The van der Waals surface area contributed by atoms with E-state index in [1.54, 1.807) is 0 Å². The van der Waals surface area contributed by atoms with Crippen LogP contribution in [-0.2, 0) is 19.2 Å². The van der Waals surface area contributed by atoms with Gasteiger partial charge >= 0.3 is 0 Å². The summed E-state index contributed by atoms with van der Waals surface area (Å²) < 4.78 is 0.